The van der Waals surface area contributed by atoms with Gasteiger partial charge in [-0.05, 0) is 12.5 Å². The molecule has 3 heterocycles. The highest BCUT2D eigenvalue weighted by Crippen LogP contribution is 2.19. The Morgan fingerprint density at radius 2 is 2.13 bits per heavy atom. The molecule has 0 N–H and O–H groups in total. The third kappa shape index (κ3) is 7.23. The molecule has 0 fully saturated rings. The summed E-state index contributed by atoms with van der Waals surface area (Å²) in [4.78, 5) is 12.0. The van der Waals surface area contributed by atoms with Gasteiger partial charge >= 0.3 is 0 Å². The normalized spacial score (nSPS) is 13.3. The van der Waals surface area contributed by atoms with Gasteiger partial charge in [-0.25, -0.2) is 24.5 Å². The number of ether oxygens (including phenoxy) is 1. The smallest absolute Gasteiger partial charge is 0.221 e. The van der Waals surface area contributed by atoms with Gasteiger partial charge in [-0.15, -0.1) is 0 Å². The number of aliphatic imine (C=N–C) groups is 1. The Hall–Kier alpha value is -3.36. The van der Waals surface area contributed by atoms with Crippen LogP contribution in [0.3, 0.4) is 0 Å². The van der Waals surface area contributed by atoms with Gasteiger partial charge in [-0.1, -0.05) is 45.9 Å². The van der Waals surface area contributed by atoms with Crippen LogP contribution in [0.5, 0.6) is 5.88 Å². The fourth-order valence-electron chi connectivity index (χ4n) is 2.43. The van der Waals surface area contributed by atoms with Gasteiger partial charge in [-0.3, -0.25) is 0 Å². The second kappa shape index (κ2) is 13.8. The quantitative estimate of drug-likeness (QED) is 0.504. The first-order chi connectivity index (χ1) is 14.6. The van der Waals surface area contributed by atoms with E-state index in [1.165, 1.54) is 18.3 Å². The van der Waals surface area contributed by atoms with E-state index in [1.54, 1.807) is 42.5 Å². The Bertz CT molecular complexity index is 899. The summed E-state index contributed by atoms with van der Waals surface area (Å²) < 4.78 is 19.4. The van der Waals surface area contributed by atoms with Crippen LogP contribution in [0.1, 0.15) is 46.1 Å². The second-order valence-electron chi connectivity index (χ2n) is 5.64. The molecule has 0 aliphatic carbocycles. The first kappa shape index (κ1) is 24.7. The van der Waals surface area contributed by atoms with E-state index in [0.717, 1.165) is 30.5 Å². The van der Waals surface area contributed by atoms with Gasteiger partial charge in [0.05, 0.1) is 12.7 Å². The number of methoxy groups -OCH3 is 1. The molecule has 0 saturated heterocycles. The average Bonchev–Trinajstić information content (AvgIpc) is 3.25. The number of fused-ring (bicyclic) bond motifs is 1. The maximum absolute atomic E-state index is 12.6. The summed E-state index contributed by atoms with van der Waals surface area (Å²) >= 11 is 0. The molecule has 0 unspecified atom stereocenters. The molecule has 2 aromatic heterocycles. The van der Waals surface area contributed by atoms with Crippen molar-refractivity contribution in [1.29, 1.82) is 0 Å². The molecule has 162 valence electrons. The number of allylic oxidation sites excluding steroid dienone is 3. The molecule has 1 aliphatic rings. The number of hydrogen-bond acceptors (Lipinski definition) is 7. The van der Waals surface area contributed by atoms with Crippen molar-refractivity contribution in [2.24, 2.45) is 10.1 Å². The number of hydrogen-bond donors (Lipinski definition) is 0. The molecule has 8 nitrogen and oxygen atoms in total. The Labute approximate surface area is 177 Å². The molecule has 3 rings (SSSR count). The van der Waals surface area contributed by atoms with Crippen molar-refractivity contribution in [3.05, 3.63) is 55.0 Å². The molecule has 0 aromatic carbocycles. The van der Waals surface area contributed by atoms with E-state index >= 15 is 0 Å². The van der Waals surface area contributed by atoms with Crippen LogP contribution in [0.4, 0.5) is 4.39 Å². The Morgan fingerprint density at radius 1 is 1.37 bits per heavy atom. The van der Waals surface area contributed by atoms with E-state index in [1.807, 2.05) is 19.9 Å². The largest absolute Gasteiger partial charge is 0.481 e. The summed E-state index contributed by atoms with van der Waals surface area (Å²) in [5.74, 6) is 0.548. The number of hydrazone groups is 1. The molecular formula is C21H30FN7O. The molecule has 1 aliphatic heterocycles. The van der Waals surface area contributed by atoms with Crippen molar-refractivity contribution < 1.29 is 9.13 Å². The van der Waals surface area contributed by atoms with Crippen LogP contribution in [0, 0.1) is 0 Å². The minimum absolute atomic E-state index is 0.409. The SMILES string of the molecule is C=C/C=C(\N=C(/C)F)N1C=CCC=N1.CC.CCCc1c(OC)ncn2ncnc12. The van der Waals surface area contributed by atoms with Crippen molar-refractivity contribution >= 4 is 17.8 Å². The summed E-state index contributed by atoms with van der Waals surface area (Å²) in [5.41, 5.74) is 1.86. The van der Waals surface area contributed by atoms with Gasteiger partial charge in [0.25, 0.3) is 0 Å². The summed E-state index contributed by atoms with van der Waals surface area (Å²) in [6.45, 7) is 10.9. The lowest BCUT2D eigenvalue weighted by Crippen LogP contribution is -2.11. The number of halogens is 1. The summed E-state index contributed by atoms with van der Waals surface area (Å²) in [6.07, 6.45) is 14.4. The molecule has 9 heteroatoms. The van der Waals surface area contributed by atoms with Gasteiger partial charge in [-0.2, -0.15) is 14.6 Å². The lowest BCUT2D eigenvalue weighted by atomic mass is 10.2. The van der Waals surface area contributed by atoms with Crippen molar-refractivity contribution in [3.63, 3.8) is 0 Å². The average molecular weight is 416 g/mol. The first-order valence-electron chi connectivity index (χ1n) is 9.83. The van der Waals surface area contributed by atoms with Crippen LogP contribution >= 0.6 is 0 Å². The zero-order valence-corrected chi connectivity index (χ0v) is 18.3. The van der Waals surface area contributed by atoms with Gasteiger partial charge in [0.1, 0.15) is 12.7 Å². The van der Waals surface area contributed by atoms with E-state index in [4.69, 9.17) is 4.74 Å². The molecule has 0 saturated carbocycles. The van der Waals surface area contributed by atoms with E-state index in [2.05, 4.69) is 38.7 Å². The topological polar surface area (TPSA) is 80.3 Å². The molecule has 2 aromatic rings. The minimum atomic E-state index is -0.507. The van der Waals surface area contributed by atoms with Crippen LogP contribution in [0.2, 0.25) is 0 Å². The summed E-state index contributed by atoms with van der Waals surface area (Å²) in [6, 6.07) is 0. The van der Waals surface area contributed by atoms with Crippen molar-refractivity contribution in [3.8, 4) is 5.88 Å². The highest BCUT2D eigenvalue weighted by Gasteiger charge is 2.10. The van der Waals surface area contributed by atoms with E-state index < -0.39 is 5.97 Å². The Balaban J connectivity index is 0.000000277. The van der Waals surface area contributed by atoms with Gasteiger partial charge < -0.3 is 4.74 Å². The molecule has 0 radical (unpaired) electrons. The van der Waals surface area contributed by atoms with Crippen LogP contribution in [0.15, 0.2) is 59.6 Å². The standard InChI is InChI=1S/C10H12FN3.C9H12N4O.C2H6/c1-3-6-10(13-9(2)11)14-8-5-4-7-12-14;1-3-4-7-8-10-5-12-13(8)6-11-9(7)14-2;1-2/h3,5-8H,1,4H2,2H3;5-6H,3-4H2,1-2H3;1-2H3/b10-6+,13-9+;;. The summed E-state index contributed by atoms with van der Waals surface area (Å²) in [7, 11) is 1.62. The van der Waals surface area contributed by atoms with Gasteiger partial charge in [0.2, 0.25) is 5.88 Å². The third-order valence-electron chi connectivity index (χ3n) is 3.54. The fraction of sp³-hybridized carbons (Fsp3) is 0.381. The molecule has 0 amide bonds. The molecular weight excluding hydrogens is 385 g/mol. The van der Waals surface area contributed by atoms with Crippen LogP contribution < -0.4 is 4.74 Å². The van der Waals surface area contributed by atoms with E-state index in [-0.39, 0.29) is 0 Å². The highest BCUT2D eigenvalue weighted by atomic mass is 19.1. The molecule has 0 bridgehead atoms. The lowest BCUT2D eigenvalue weighted by Gasteiger charge is -2.15. The fourth-order valence-corrected chi connectivity index (χ4v) is 2.43. The molecule has 30 heavy (non-hydrogen) atoms. The van der Waals surface area contributed by atoms with Crippen LogP contribution in [-0.4, -0.2) is 43.9 Å². The Kier molecular flexibility index (Phi) is 11.3. The number of aromatic nitrogens is 4. The maximum atomic E-state index is 12.6. The van der Waals surface area contributed by atoms with Gasteiger partial charge in [0.15, 0.2) is 17.4 Å². The van der Waals surface area contributed by atoms with Crippen molar-refractivity contribution in [2.75, 3.05) is 7.11 Å². The number of aryl methyl sites for hydroxylation is 1. The molecule has 0 atom stereocenters. The zero-order valence-electron chi connectivity index (χ0n) is 18.3. The molecule has 0 spiro atoms. The van der Waals surface area contributed by atoms with Crippen molar-refractivity contribution in [2.45, 2.75) is 47.0 Å². The van der Waals surface area contributed by atoms with E-state index in [9.17, 15) is 4.39 Å². The predicted molar refractivity (Wildman–Crippen MR) is 119 cm³/mol. The second-order valence-corrected chi connectivity index (χ2v) is 5.64. The van der Waals surface area contributed by atoms with Crippen LogP contribution in [0.25, 0.3) is 5.65 Å². The van der Waals surface area contributed by atoms with Crippen molar-refractivity contribution in [1.82, 2.24) is 24.6 Å². The predicted octanol–water partition coefficient (Wildman–Crippen LogP) is 4.72. The zero-order chi connectivity index (χ0) is 22.4. The van der Waals surface area contributed by atoms with Gasteiger partial charge in [0, 0.05) is 25.8 Å². The maximum Gasteiger partial charge on any atom is 0.221 e. The highest BCUT2D eigenvalue weighted by molar-refractivity contribution is 5.73. The Morgan fingerprint density at radius 3 is 2.70 bits per heavy atom. The summed E-state index contributed by atoms with van der Waals surface area (Å²) in [5, 5.41) is 9.55. The monoisotopic (exact) mass is 415 g/mol. The minimum Gasteiger partial charge on any atom is -0.481 e. The van der Waals surface area contributed by atoms with Crippen LogP contribution in [-0.2, 0) is 6.42 Å². The van der Waals surface area contributed by atoms with E-state index in [0.29, 0.717) is 11.7 Å². The third-order valence-corrected chi connectivity index (χ3v) is 3.54. The lowest BCUT2D eigenvalue weighted by molar-refractivity contribution is 0.391. The number of nitrogens with zero attached hydrogens (tertiary/aromatic N) is 7. The first-order valence-corrected chi connectivity index (χ1v) is 9.83. The number of rotatable bonds is 6.